The minimum Gasteiger partial charge on any atom is -0.310 e. The van der Waals surface area contributed by atoms with Gasteiger partial charge in [0.15, 0.2) is 0 Å². The highest BCUT2D eigenvalue weighted by molar-refractivity contribution is 5.38. The summed E-state index contributed by atoms with van der Waals surface area (Å²) >= 11 is 0. The largest absolute Gasteiger partial charge is 0.310 e. The average molecular weight is 259 g/mol. The van der Waals surface area contributed by atoms with Crippen molar-refractivity contribution in [1.29, 1.82) is 0 Å². The Labute approximate surface area is 118 Å². The van der Waals surface area contributed by atoms with E-state index < -0.39 is 0 Å². The average Bonchev–Trinajstić information content (AvgIpc) is 2.56. The summed E-state index contributed by atoms with van der Waals surface area (Å²) in [5.41, 5.74) is 4.85. The van der Waals surface area contributed by atoms with E-state index in [1.807, 2.05) is 0 Å². The van der Waals surface area contributed by atoms with E-state index in [1.54, 1.807) is 11.1 Å². The fraction of sp³-hybridized carbons (Fsp3) is 0.667. The summed E-state index contributed by atoms with van der Waals surface area (Å²) in [6.45, 7) is 10.3. The first-order valence-electron chi connectivity index (χ1n) is 7.89. The number of fused-ring (bicyclic) bond motifs is 1. The molecular formula is C18H29N. The second-order valence-corrected chi connectivity index (χ2v) is 6.92. The molecule has 0 spiro atoms. The second kappa shape index (κ2) is 6.09. The van der Waals surface area contributed by atoms with Gasteiger partial charge >= 0.3 is 0 Å². The van der Waals surface area contributed by atoms with Crippen LogP contribution in [0, 0.1) is 0 Å². The second-order valence-electron chi connectivity index (χ2n) is 6.92. The zero-order chi connectivity index (χ0) is 13.9. The minimum atomic E-state index is 0.247. The Balaban J connectivity index is 2.33. The number of hydrogen-bond acceptors (Lipinski definition) is 1. The van der Waals surface area contributed by atoms with E-state index in [4.69, 9.17) is 0 Å². The maximum atomic E-state index is 3.75. The van der Waals surface area contributed by atoms with Gasteiger partial charge in [-0.3, -0.25) is 0 Å². The Hall–Kier alpha value is -0.820. The zero-order valence-corrected chi connectivity index (χ0v) is 13.1. The molecule has 0 amide bonds. The predicted molar refractivity (Wildman–Crippen MR) is 83.7 cm³/mol. The van der Waals surface area contributed by atoms with E-state index in [-0.39, 0.29) is 5.41 Å². The third-order valence-electron chi connectivity index (χ3n) is 4.22. The van der Waals surface area contributed by atoms with Crippen molar-refractivity contribution < 1.29 is 0 Å². The van der Waals surface area contributed by atoms with Crippen LogP contribution in [0.1, 0.15) is 76.1 Å². The summed E-state index contributed by atoms with van der Waals surface area (Å²) in [6.07, 6.45) is 6.45. The van der Waals surface area contributed by atoms with Crippen LogP contribution in [0.5, 0.6) is 0 Å². The normalized spacial score (nSPS) is 19.9. The molecule has 0 saturated heterocycles. The molecule has 0 bridgehead atoms. The van der Waals surface area contributed by atoms with Crippen molar-refractivity contribution in [2.45, 2.75) is 71.3 Å². The maximum Gasteiger partial charge on any atom is 0.0323 e. The molecule has 1 aromatic rings. The monoisotopic (exact) mass is 259 g/mol. The Morgan fingerprint density at radius 2 is 2.00 bits per heavy atom. The van der Waals surface area contributed by atoms with Crippen LogP contribution in [0.25, 0.3) is 0 Å². The maximum absolute atomic E-state index is 3.75. The third-order valence-corrected chi connectivity index (χ3v) is 4.22. The van der Waals surface area contributed by atoms with Crippen molar-refractivity contribution >= 4 is 0 Å². The van der Waals surface area contributed by atoms with Crippen molar-refractivity contribution in [3.05, 3.63) is 34.9 Å². The lowest BCUT2D eigenvalue weighted by Gasteiger charge is -2.24. The molecule has 2 rings (SSSR count). The van der Waals surface area contributed by atoms with E-state index in [0.29, 0.717) is 6.04 Å². The summed E-state index contributed by atoms with van der Waals surface area (Å²) in [5.74, 6) is 0. The van der Waals surface area contributed by atoms with Crippen LogP contribution in [0.4, 0.5) is 0 Å². The van der Waals surface area contributed by atoms with E-state index >= 15 is 0 Å². The van der Waals surface area contributed by atoms with Gasteiger partial charge in [0.2, 0.25) is 0 Å². The predicted octanol–water partition coefficient (Wildman–Crippen LogP) is 4.75. The molecule has 0 fully saturated rings. The highest BCUT2D eigenvalue weighted by Crippen LogP contribution is 2.32. The van der Waals surface area contributed by atoms with Gasteiger partial charge in [0.25, 0.3) is 0 Å². The van der Waals surface area contributed by atoms with Gasteiger partial charge in [-0.2, -0.15) is 0 Å². The number of nitrogens with one attached hydrogen (secondary N) is 1. The van der Waals surface area contributed by atoms with Crippen molar-refractivity contribution in [2.75, 3.05) is 6.54 Å². The lowest BCUT2D eigenvalue weighted by atomic mass is 9.84. The number of rotatable bonds is 3. The Bertz CT molecular complexity index is 414. The summed E-state index contributed by atoms with van der Waals surface area (Å²) in [7, 11) is 0. The fourth-order valence-electron chi connectivity index (χ4n) is 2.96. The number of aryl methyl sites for hydroxylation is 1. The summed E-state index contributed by atoms with van der Waals surface area (Å²) in [4.78, 5) is 0. The molecule has 0 saturated carbocycles. The highest BCUT2D eigenvalue weighted by Gasteiger charge is 2.21. The number of hydrogen-bond donors (Lipinski definition) is 1. The molecule has 1 atom stereocenters. The van der Waals surface area contributed by atoms with Crippen LogP contribution in [-0.2, 0) is 11.8 Å². The Morgan fingerprint density at radius 1 is 1.21 bits per heavy atom. The minimum absolute atomic E-state index is 0.247. The molecule has 1 aliphatic carbocycles. The summed E-state index contributed by atoms with van der Waals surface area (Å²) in [6, 6.07) is 7.75. The van der Waals surface area contributed by atoms with Gasteiger partial charge in [-0.15, -0.1) is 0 Å². The summed E-state index contributed by atoms with van der Waals surface area (Å²) < 4.78 is 0. The first kappa shape index (κ1) is 14.6. The van der Waals surface area contributed by atoms with Gasteiger partial charge in [-0.25, -0.2) is 0 Å². The molecule has 1 heteroatoms. The highest BCUT2D eigenvalue weighted by atomic mass is 14.9. The van der Waals surface area contributed by atoms with Crippen LogP contribution < -0.4 is 5.32 Å². The number of benzene rings is 1. The first-order chi connectivity index (χ1) is 9.02. The lowest BCUT2D eigenvalue weighted by Crippen LogP contribution is -2.23. The fourth-order valence-corrected chi connectivity index (χ4v) is 2.96. The summed E-state index contributed by atoms with van der Waals surface area (Å²) in [5, 5.41) is 3.75. The van der Waals surface area contributed by atoms with Crippen LogP contribution >= 0.6 is 0 Å². The van der Waals surface area contributed by atoms with E-state index in [9.17, 15) is 0 Å². The van der Waals surface area contributed by atoms with Crippen molar-refractivity contribution in [3.63, 3.8) is 0 Å². The topological polar surface area (TPSA) is 12.0 Å². The molecule has 1 N–H and O–H groups in total. The van der Waals surface area contributed by atoms with Crippen LogP contribution in [-0.4, -0.2) is 6.54 Å². The van der Waals surface area contributed by atoms with Gasteiger partial charge < -0.3 is 5.32 Å². The zero-order valence-electron chi connectivity index (χ0n) is 13.1. The van der Waals surface area contributed by atoms with Crippen molar-refractivity contribution in [1.82, 2.24) is 5.32 Å². The Kier molecular flexibility index (Phi) is 4.67. The molecule has 0 radical (unpaired) electrons. The van der Waals surface area contributed by atoms with Gasteiger partial charge in [-0.1, -0.05) is 52.3 Å². The van der Waals surface area contributed by atoms with Gasteiger partial charge in [0.05, 0.1) is 0 Å². The SMILES string of the molecule is CCCNC1CCCCc2ccc(C(C)(C)C)cc21. The molecule has 1 nitrogen and oxygen atoms in total. The lowest BCUT2D eigenvalue weighted by molar-refractivity contribution is 0.488. The smallest absolute Gasteiger partial charge is 0.0323 e. The first-order valence-corrected chi connectivity index (χ1v) is 7.89. The standard InChI is InChI=1S/C18H29N/c1-5-12-19-17-9-7-6-8-14-10-11-15(13-16(14)17)18(2,3)4/h10-11,13,17,19H,5-9,12H2,1-4H3. The van der Waals surface area contributed by atoms with Crippen molar-refractivity contribution in [3.8, 4) is 0 Å². The van der Waals surface area contributed by atoms with Crippen LogP contribution in [0.2, 0.25) is 0 Å². The molecule has 0 aromatic heterocycles. The molecule has 1 aromatic carbocycles. The van der Waals surface area contributed by atoms with Gasteiger partial charge in [0.1, 0.15) is 0 Å². The molecule has 106 valence electrons. The molecule has 1 unspecified atom stereocenters. The van der Waals surface area contributed by atoms with Crippen LogP contribution in [0.3, 0.4) is 0 Å². The van der Waals surface area contributed by atoms with Gasteiger partial charge in [0, 0.05) is 6.04 Å². The molecular weight excluding hydrogens is 230 g/mol. The van der Waals surface area contributed by atoms with Crippen LogP contribution in [0.15, 0.2) is 18.2 Å². The molecule has 0 aliphatic heterocycles. The quantitative estimate of drug-likeness (QED) is 0.772. The van der Waals surface area contributed by atoms with E-state index in [2.05, 4.69) is 51.2 Å². The van der Waals surface area contributed by atoms with Gasteiger partial charge in [-0.05, 0) is 54.3 Å². The molecule has 1 aliphatic rings. The molecule has 0 heterocycles. The van der Waals surface area contributed by atoms with Crippen molar-refractivity contribution in [2.24, 2.45) is 0 Å². The molecule has 19 heavy (non-hydrogen) atoms. The third kappa shape index (κ3) is 3.60. The van der Waals surface area contributed by atoms with E-state index in [0.717, 1.165) is 6.54 Å². The van der Waals surface area contributed by atoms with E-state index in [1.165, 1.54) is 37.7 Å². The Morgan fingerprint density at radius 3 is 2.68 bits per heavy atom.